The number of hydrogen-bond acceptors (Lipinski definition) is 3. The molecule has 4 nitrogen and oxygen atoms in total. The average molecular weight is 249 g/mol. The monoisotopic (exact) mass is 249 g/mol. The van der Waals surface area contributed by atoms with E-state index < -0.39 is 5.60 Å². The first-order chi connectivity index (χ1) is 8.48. The molecule has 1 N–H and O–H groups in total. The number of amides is 1. The van der Waals surface area contributed by atoms with Gasteiger partial charge in [0.2, 0.25) is 5.91 Å². The van der Waals surface area contributed by atoms with Gasteiger partial charge in [0.15, 0.2) is 0 Å². The number of carbonyl (C=O) groups excluding carboxylic acids is 1. The molecule has 1 amide bonds. The van der Waals surface area contributed by atoms with Gasteiger partial charge in [0.05, 0.1) is 6.54 Å². The second-order valence-corrected chi connectivity index (χ2v) is 5.02. The molecule has 1 aromatic carbocycles. The highest BCUT2D eigenvalue weighted by Gasteiger charge is 2.37. The molecule has 0 aromatic heterocycles. The molecule has 0 bridgehead atoms. The molecule has 2 rings (SSSR count). The van der Waals surface area contributed by atoms with E-state index in [2.05, 4.69) is 0 Å². The molecule has 1 aromatic rings. The molecule has 18 heavy (non-hydrogen) atoms. The van der Waals surface area contributed by atoms with Gasteiger partial charge in [-0.3, -0.25) is 4.79 Å². The lowest BCUT2D eigenvalue weighted by molar-refractivity contribution is -0.129. The molecule has 0 unspecified atom stereocenters. The first-order valence-electron chi connectivity index (χ1n) is 6.16. The van der Waals surface area contributed by atoms with E-state index in [0.717, 1.165) is 11.3 Å². The summed E-state index contributed by atoms with van der Waals surface area (Å²) in [7, 11) is 0. The quantitative estimate of drug-likeness (QED) is 0.880. The van der Waals surface area contributed by atoms with E-state index in [1.165, 1.54) is 6.92 Å². The fourth-order valence-electron chi connectivity index (χ4n) is 2.17. The van der Waals surface area contributed by atoms with E-state index in [1.807, 2.05) is 31.2 Å². The van der Waals surface area contributed by atoms with E-state index in [4.69, 9.17) is 4.74 Å². The number of benzene rings is 1. The lowest BCUT2D eigenvalue weighted by Crippen LogP contribution is -2.40. The number of carbonyl (C=O) groups is 1. The van der Waals surface area contributed by atoms with Crippen molar-refractivity contribution in [3.63, 3.8) is 0 Å². The number of aliphatic hydroxyl groups is 1. The minimum absolute atomic E-state index is 0.00137. The van der Waals surface area contributed by atoms with Gasteiger partial charge in [-0.05, 0) is 31.0 Å². The highest BCUT2D eigenvalue weighted by atomic mass is 16.5. The van der Waals surface area contributed by atoms with Gasteiger partial charge in [-0.2, -0.15) is 0 Å². The van der Waals surface area contributed by atoms with Gasteiger partial charge in [0.1, 0.15) is 18.0 Å². The standard InChI is InChI=1S/C14H19NO3/c1-11-4-3-5-13(8-11)18-10-14(17)6-7-15(9-14)12(2)16/h3-5,8,17H,6-7,9-10H2,1-2H3/t14-/m1/s1. The second kappa shape index (κ2) is 4.98. The number of rotatable bonds is 3. The van der Waals surface area contributed by atoms with E-state index in [-0.39, 0.29) is 12.5 Å². The van der Waals surface area contributed by atoms with Crippen LogP contribution in [-0.2, 0) is 4.79 Å². The number of nitrogens with zero attached hydrogens (tertiary/aromatic N) is 1. The summed E-state index contributed by atoms with van der Waals surface area (Å²) < 4.78 is 5.61. The van der Waals surface area contributed by atoms with Gasteiger partial charge in [0, 0.05) is 13.5 Å². The molecule has 1 aliphatic rings. The fraction of sp³-hybridized carbons (Fsp3) is 0.500. The molecule has 4 heteroatoms. The number of hydrogen-bond donors (Lipinski definition) is 1. The van der Waals surface area contributed by atoms with Crippen molar-refractivity contribution < 1.29 is 14.6 Å². The second-order valence-electron chi connectivity index (χ2n) is 5.02. The third kappa shape index (κ3) is 3.01. The molecule has 1 heterocycles. The van der Waals surface area contributed by atoms with Crippen LogP contribution in [0.1, 0.15) is 18.9 Å². The SMILES string of the molecule is CC(=O)N1CC[C@](O)(COc2cccc(C)c2)C1. The molecule has 0 saturated carbocycles. The molecular formula is C14H19NO3. The van der Waals surface area contributed by atoms with Crippen LogP contribution in [0, 0.1) is 6.92 Å². The first kappa shape index (κ1) is 12.9. The predicted molar refractivity (Wildman–Crippen MR) is 68.5 cm³/mol. The summed E-state index contributed by atoms with van der Waals surface area (Å²) in [5, 5.41) is 10.3. The minimum Gasteiger partial charge on any atom is -0.491 e. The third-order valence-corrected chi connectivity index (χ3v) is 3.27. The molecule has 1 aliphatic heterocycles. The summed E-state index contributed by atoms with van der Waals surface area (Å²) in [4.78, 5) is 12.9. The predicted octanol–water partition coefficient (Wildman–Crippen LogP) is 1.36. The maximum Gasteiger partial charge on any atom is 0.219 e. The van der Waals surface area contributed by atoms with Crippen LogP contribution in [-0.4, -0.2) is 41.2 Å². The number of likely N-dealkylation sites (tertiary alicyclic amines) is 1. The maximum atomic E-state index is 11.2. The Bertz CT molecular complexity index is 446. The number of ether oxygens (including phenoxy) is 1. The van der Waals surface area contributed by atoms with Crippen molar-refractivity contribution in [2.45, 2.75) is 25.9 Å². The summed E-state index contributed by atoms with van der Waals surface area (Å²) in [6.45, 7) is 4.69. The van der Waals surface area contributed by atoms with Crippen molar-refractivity contribution in [1.82, 2.24) is 4.90 Å². The summed E-state index contributed by atoms with van der Waals surface area (Å²) in [5.41, 5.74) is 0.200. The van der Waals surface area contributed by atoms with Crippen LogP contribution in [0.15, 0.2) is 24.3 Å². The zero-order valence-electron chi connectivity index (χ0n) is 10.8. The highest BCUT2D eigenvalue weighted by molar-refractivity contribution is 5.73. The van der Waals surface area contributed by atoms with Crippen molar-refractivity contribution >= 4 is 5.91 Å². The van der Waals surface area contributed by atoms with E-state index in [0.29, 0.717) is 19.5 Å². The lowest BCUT2D eigenvalue weighted by atomic mass is 10.1. The topological polar surface area (TPSA) is 49.8 Å². The number of aryl methyl sites for hydroxylation is 1. The lowest BCUT2D eigenvalue weighted by Gasteiger charge is -2.23. The summed E-state index contributed by atoms with van der Waals surface area (Å²) in [6, 6.07) is 7.72. The van der Waals surface area contributed by atoms with Crippen LogP contribution in [0.2, 0.25) is 0 Å². The Kier molecular flexibility index (Phi) is 3.57. The fourth-order valence-corrected chi connectivity index (χ4v) is 2.17. The van der Waals surface area contributed by atoms with Crippen molar-refractivity contribution in [2.24, 2.45) is 0 Å². The van der Waals surface area contributed by atoms with E-state index in [9.17, 15) is 9.90 Å². The molecule has 1 saturated heterocycles. The van der Waals surface area contributed by atoms with Crippen LogP contribution >= 0.6 is 0 Å². The largest absolute Gasteiger partial charge is 0.491 e. The highest BCUT2D eigenvalue weighted by Crippen LogP contribution is 2.23. The van der Waals surface area contributed by atoms with Crippen molar-refractivity contribution in [3.8, 4) is 5.75 Å². The van der Waals surface area contributed by atoms with E-state index in [1.54, 1.807) is 4.90 Å². The van der Waals surface area contributed by atoms with Crippen LogP contribution in [0.4, 0.5) is 0 Å². The molecule has 0 spiro atoms. The normalized spacial score (nSPS) is 23.2. The van der Waals surface area contributed by atoms with Gasteiger partial charge >= 0.3 is 0 Å². The Balaban J connectivity index is 1.92. The Morgan fingerprint density at radius 3 is 2.94 bits per heavy atom. The van der Waals surface area contributed by atoms with Crippen LogP contribution in [0.25, 0.3) is 0 Å². The van der Waals surface area contributed by atoms with Gasteiger partial charge < -0.3 is 14.7 Å². The summed E-state index contributed by atoms with van der Waals surface area (Å²) in [6.07, 6.45) is 0.568. The Labute approximate surface area is 107 Å². The third-order valence-electron chi connectivity index (χ3n) is 3.27. The van der Waals surface area contributed by atoms with Crippen molar-refractivity contribution in [2.75, 3.05) is 19.7 Å². The summed E-state index contributed by atoms with van der Waals surface area (Å²) in [5.74, 6) is 0.756. The maximum absolute atomic E-state index is 11.2. The number of β-amino-alcohol motifs (C(OH)–C–C–N with tert-alkyl or cyclic N) is 1. The Morgan fingerprint density at radius 1 is 1.56 bits per heavy atom. The van der Waals surface area contributed by atoms with E-state index >= 15 is 0 Å². The van der Waals surface area contributed by atoms with Gasteiger partial charge in [-0.15, -0.1) is 0 Å². The molecule has 1 atom stereocenters. The van der Waals surface area contributed by atoms with Crippen LogP contribution < -0.4 is 4.74 Å². The molecule has 98 valence electrons. The molecule has 1 fully saturated rings. The minimum atomic E-state index is -0.921. The average Bonchev–Trinajstić information content (AvgIpc) is 2.71. The van der Waals surface area contributed by atoms with Crippen LogP contribution in [0.3, 0.4) is 0 Å². The van der Waals surface area contributed by atoms with Crippen molar-refractivity contribution in [3.05, 3.63) is 29.8 Å². The van der Waals surface area contributed by atoms with Gasteiger partial charge in [-0.25, -0.2) is 0 Å². The molecule has 0 radical (unpaired) electrons. The summed E-state index contributed by atoms with van der Waals surface area (Å²) >= 11 is 0. The smallest absolute Gasteiger partial charge is 0.219 e. The van der Waals surface area contributed by atoms with Crippen molar-refractivity contribution in [1.29, 1.82) is 0 Å². The van der Waals surface area contributed by atoms with Gasteiger partial charge in [-0.1, -0.05) is 12.1 Å². The zero-order chi connectivity index (χ0) is 13.2. The Morgan fingerprint density at radius 2 is 2.33 bits per heavy atom. The Hall–Kier alpha value is -1.55. The first-order valence-corrected chi connectivity index (χ1v) is 6.16. The zero-order valence-corrected chi connectivity index (χ0v) is 10.8. The van der Waals surface area contributed by atoms with Crippen LogP contribution in [0.5, 0.6) is 5.75 Å². The molecular weight excluding hydrogens is 230 g/mol. The molecule has 0 aliphatic carbocycles. The van der Waals surface area contributed by atoms with Gasteiger partial charge in [0.25, 0.3) is 0 Å².